The molecule has 0 spiro atoms. The van der Waals surface area contributed by atoms with E-state index in [9.17, 15) is 17.6 Å². The molecule has 0 saturated heterocycles. The van der Waals surface area contributed by atoms with Crippen molar-refractivity contribution in [1.82, 2.24) is 0 Å². The molecule has 0 bridgehead atoms. The number of rotatable bonds is 9. The Morgan fingerprint density at radius 3 is 2.00 bits per heavy atom. The first kappa shape index (κ1) is 25.7. The number of alkyl halides is 3. The van der Waals surface area contributed by atoms with Crippen LogP contribution in [-0.2, 0) is 32.1 Å². The average molecular weight is 499 g/mol. The fourth-order valence-electron chi connectivity index (χ4n) is 4.22. The highest BCUT2D eigenvalue weighted by atomic mass is 19.4. The molecule has 0 radical (unpaired) electrons. The highest BCUT2D eigenvalue weighted by molar-refractivity contribution is 5.84. The average Bonchev–Trinajstić information content (AvgIpc) is 2.86. The number of hydrogen-bond acceptors (Lipinski definition) is 1. The van der Waals surface area contributed by atoms with Gasteiger partial charge in [-0.05, 0) is 83.5 Å². The van der Waals surface area contributed by atoms with Gasteiger partial charge in [-0.3, -0.25) is 0 Å². The molecular formula is C30H27F5O. The normalized spacial score (nSPS) is 11.7. The minimum Gasteiger partial charge on any atom is -0.484 e. The number of hydrogen-bond donors (Lipinski definition) is 0. The quantitative estimate of drug-likeness (QED) is 0.211. The number of fused-ring (bicyclic) bond motifs is 1. The summed E-state index contributed by atoms with van der Waals surface area (Å²) in [5.74, 6) is -0.316. The van der Waals surface area contributed by atoms with E-state index in [1.54, 1.807) is 30.3 Å². The molecule has 36 heavy (non-hydrogen) atoms. The van der Waals surface area contributed by atoms with Crippen LogP contribution in [0.1, 0.15) is 34.7 Å². The third kappa shape index (κ3) is 6.62. The van der Waals surface area contributed by atoms with E-state index in [-0.39, 0.29) is 17.4 Å². The topological polar surface area (TPSA) is 9.23 Å². The fourth-order valence-corrected chi connectivity index (χ4v) is 4.22. The Bertz CT molecular complexity index is 1330. The third-order valence-electron chi connectivity index (χ3n) is 6.32. The number of halogens is 5. The molecular weight excluding hydrogens is 471 g/mol. The molecule has 0 atom stereocenters. The molecule has 0 aliphatic heterocycles. The van der Waals surface area contributed by atoms with Gasteiger partial charge in [0.25, 0.3) is 0 Å². The molecule has 0 saturated carbocycles. The van der Waals surface area contributed by atoms with Crippen molar-refractivity contribution in [2.24, 2.45) is 0 Å². The van der Waals surface area contributed by atoms with Crippen molar-refractivity contribution in [3.8, 4) is 5.75 Å². The van der Waals surface area contributed by atoms with Gasteiger partial charge in [0.15, 0.2) is 6.61 Å². The van der Waals surface area contributed by atoms with E-state index >= 15 is 4.39 Å². The zero-order chi connectivity index (χ0) is 25.7. The van der Waals surface area contributed by atoms with Crippen LogP contribution in [0.3, 0.4) is 0 Å². The first-order valence-corrected chi connectivity index (χ1v) is 12.0. The Balaban J connectivity index is 1.38. The van der Waals surface area contributed by atoms with Gasteiger partial charge in [0, 0.05) is 5.39 Å². The van der Waals surface area contributed by atoms with Crippen LogP contribution in [0.5, 0.6) is 5.75 Å². The molecule has 0 aliphatic carbocycles. The lowest BCUT2D eigenvalue weighted by atomic mass is 9.97. The van der Waals surface area contributed by atoms with Crippen LogP contribution >= 0.6 is 0 Å². The summed E-state index contributed by atoms with van der Waals surface area (Å²) in [5, 5.41) is 1.33. The van der Waals surface area contributed by atoms with Gasteiger partial charge in [0.2, 0.25) is 0 Å². The number of aryl methyl sites for hydroxylation is 5. The SMILES string of the molecule is CCc1ccc(CCc2ccc3c(F)c(CCc4ccc(OCC(F)(F)F)cc4)ccc3c2)c(F)c1. The zero-order valence-corrected chi connectivity index (χ0v) is 20.0. The highest BCUT2D eigenvalue weighted by Gasteiger charge is 2.28. The molecule has 0 aromatic heterocycles. The van der Waals surface area contributed by atoms with E-state index in [1.807, 2.05) is 37.3 Å². The Kier molecular flexibility index (Phi) is 7.92. The molecule has 188 valence electrons. The lowest BCUT2D eigenvalue weighted by Gasteiger charge is -2.11. The summed E-state index contributed by atoms with van der Waals surface area (Å²) in [6, 6.07) is 21.0. The van der Waals surface area contributed by atoms with Crippen LogP contribution in [0.25, 0.3) is 10.8 Å². The Morgan fingerprint density at radius 1 is 0.667 bits per heavy atom. The summed E-state index contributed by atoms with van der Waals surface area (Å²) in [4.78, 5) is 0. The predicted octanol–water partition coefficient (Wildman–Crippen LogP) is 8.19. The molecule has 0 amide bonds. The van der Waals surface area contributed by atoms with Crippen LogP contribution in [0, 0.1) is 11.6 Å². The van der Waals surface area contributed by atoms with Crippen LogP contribution in [0.4, 0.5) is 22.0 Å². The van der Waals surface area contributed by atoms with Crippen LogP contribution in [0.2, 0.25) is 0 Å². The third-order valence-corrected chi connectivity index (χ3v) is 6.32. The molecule has 0 unspecified atom stereocenters. The predicted molar refractivity (Wildman–Crippen MR) is 132 cm³/mol. The molecule has 6 heteroatoms. The van der Waals surface area contributed by atoms with Crippen molar-refractivity contribution in [3.05, 3.63) is 112 Å². The van der Waals surface area contributed by atoms with E-state index in [0.717, 1.165) is 28.5 Å². The van der Waals surface area contributed by atoms with Crippen molar-refractivity contribution >= 4 is 10.8 Å². The molecule has 0 fully saturated rings. The fraction of sp³-hybridized carbons (Fsp3) is 0.267. The first-order chi connectivity index (χ1) is 17.2. The lowest BCUT2D eigenvalue weighted by Crippen LogP contribution is -2.19. The Morgan fingerprint density at radius 2 is 1.31 bits per heavy atom. The van der Waals surface area contributed by atoms with Gasteiger partial charge in [-0.25, -0.2) is 8.78 Å². The number of ether oxygens (including phenoxy) is 1. The first-order valence-electron chi connectivity index (χ1n) is 12.0. The van der Waals surface area contributed by atoms with Crippen molar-refractivity contribution in [2.75, 3.05) is 6.61 Å². The van der Waals surface area contributed by atoms with E-state index in [0.29, 0.717) is 42.2 Å². The van der Waals surface area contributed by atoms with Gasteiger partial charge in [-0.2, -0.15) is 13.2 Å². The van der Waals surface area contributed by atoms with Crippen molar-refractivity contribution < 1.29 is 26.7 Å². The van der Waals surface area contributed by atoms with Gasteiger partial charge in [-0.15, -0.1) is 0 Å². The van der Waals surface area contributed by atoms with Crippen molar-refractivity contribution in [1.29, 1.82) is 0 Å². The Hall–Kier alpha value is -3.41. The maximum absolute atomic E-state index is 15.2. The zero-order valence-electron chi connectivity index (χ0n) is 20.0. The van der Waals surface area contributed by atoms with Gasteiger partial charge in [-0.1, -0.05) is 61.5 Å². The largest absolute Gasteiger partial charge is 0.484 e. The van der Waals surface area contributed by atoms with Crippen molar-refractivity contribution in [3.63, 3.8) is 0 Å². The second-order valence-corrected chi connectivity index (χ2v) is 8.92. The summed E-state index contributed by atoms with van der Waals surface area (Å²) in [7, 11) is 0. The molecule has 4 rings (SSSR count). The Labute approximate surface area is 207 Å². The maximum Gasteiger partial charge on any atom is 0.422 e. The smallest absolute Gasteiger partial charge is 0.422 e. The number of benzene rings is 4. The van der Waals surface area contributed by atoms with Crippen LogP contribution in [0.15, 0.2) is 72.8 Å². The minimum atomic E-state index is -4.38. The van der Waals surface area contributed by atoms with E-state index in [1.165, 1.54) is 12.1 Å². The lowest BCUT2D eigenvalue weighted by molar-refractivity contribution is -0.153. The van der Waals surface area contributed by atoms with Gasteiger partial charge >= 0.3 is 6.18 Å². The summed E-state index contributed by atoms with van der Waals surface area (Å²) in [5.41, 5.74) is 4.12. The van der Waals surface area contributed by atoms with Gasteiger partial charge in [0.05, 0.1) is 0 Å². The molecule has 0 aliphatic rings. The molecule has 0 N–H and O–H groups in total. The van der Waals surface area contributed by atoms with E-state index in [2.05, 4.69) is 0 Å². The summed E-state index contributed by atoms with van der Waals surface area (Å²) in [6.07, 6.45) is -1.36. The molecule has 0 heterocycles. The molecule has 4 aromatic carbocycles. The highest BCUT2D eigenvalue weighted by Crippen LogP contribution is 2.25. The monoisotopic (exact) mass is 498 g/mol. The van der Waals surface area contributed by atoms with E-state index < -0.39 is 12.8 Å². The molecule has 1 nitrogen and oxygen atoms in total. The summed E-state index contributed by atoms with van der Waals surface area (Å²) < 4.78 is 71.0. The standard InChI is InChI=1S/C30H27F5O/c1-2-20-3-9-23(28(31)18-20)10-5-22-8-16-27-25(17-22)13-12-24(29(27)32)11-4-21-6-14-26(15-7-21)36-19-30(33,34)35/h3,6-9,12-18H,2,4-5,10-11,19H2,1H3. The second kappa shape index (κ2) is 11.1. The van der Waals surface area contributed by atoms with Crippen LogP contribution in [-0.4, -0.2) is 12.8 Å². The minimum absolute atomic E-state index is 0.143. The summed E-state index contributed by atoms with van der Waals surface area (Å²) in [6.45, 7) is 0.658. The molecule has 4 aromatic rings. The van der Waals surface area contributed by atoms with Crippen molar-refractivity contribution in [2.45, 2.75) is 45.2 Å². The van der Waals surface area contributed by atoms with Crippen LogP contribution < -0.4 is 4.74 Å². The van der Waals surface area contributed by atoms with Gasteiger partial charge < -0.3 is 4.74 Å². The van der Waals surface area contributed by atoms with E-state index in [4.69, 9.17) is 4.74 Å². The van der Waals surface area contributed by atoms with Gasteiger partial charge in [0.1, 0.15) is 17.4 Å². The maximum atomic E-state index is 15.2. The summed E-state index contributed by atoms with van der Waals surface area (Å²) >= 11 is 0. The second-order valence-electron chi connectivity index (χ2n) is 8.92.